The number of rotatable bonds is 7. The molecule has 328 valence electrons. The molecule has 0 spiro atoms. The van der Waals surface area contributed by atoms with E-state index in [2.05, 4.69) is 271 Å². The molecule has 1 heterocycles. The van der Waals surface area contributed by atoms with Crippen molar-refractivity contribution in [2.75, 3.05) is 4.90 Å². The van der Waals surface area contributed by atoms with E-state index in [0.717, 1.165) is 17.1 Å². The van der Waals surface area contributed by atoms with Crippen LogP contribution in [0.1, 0.15) is 77.6 Å². The fraction of sp³-hybridized carbons (Fsp3) is 0.169. The Morgan fingerprint density at radius 3 is 1.61 bits per heavy atom. The molecule has 2 heteroatoms. The van der Waals surface area contributed by atoms with E-state index < -0.39 is 0 Å². The summed E-state index contributed by atoms with van der Waals surface area (Å²) in [6, 6.07) is 76.9. The molecule has 0 aliphatic heterocycles. The molecule has 0 atom stereocenters. The lowest BCUT2D eigenvalue weighted by atomic mass is 9.82. The third-order valence-electron chi connectivity index (χ3n) is 14.3. The standard InChI is InChI=1S/C65H58N2/c1-63(2,3)49-20-16-19-46(37-49)48-38-50(64(4,5)6)41-54(39-48)67-61-24-15-13-22-57(61)58-40-47(29-36-62(58)67)45-27-32-52(33-28-45)66(51-30-25-44(26-31-51)43-17-10-9-11-18-43)53-34-35-56-55-21-12-14-23-59(55)65(7,8)60(56)42-53/h9-42H,1-8H3. The number of benzene rings is 9. The molecule has 0 saturated carbocycles. The molecule has 0 fully saturated rings. The Morgan fingerprint density at radius 1 is 0.358 bits per heavy atom. The Morgan fingerprint density at radius 2 is 0.896 bits per heavy atom. The maximum absolute atomic E-state index is 2.47. The first-order valence-corrected chi connectivity index (χ1v) is 23.8. The van der Waals surface area contributed by atoms with E-state index in [9.17, 15) is 0 Å². The van der Waals surface area contributed by atoms with E-state index in [1.807, 2.05) is 0 Å². The molecular weight excluding hydrogens is 809 g/mol. The zero-order valence-corrected chi connectivity index (χ0v) is 40.0. The highest BCUT2D eigenvalue weighted by atomic mass is 15.1. The number of anilines is 3. The van der Waals surface area contributed by atoms with E-state index in [0.29, 0.717) is 0 Å². The van der Waals surface area contributed by atoms with Gasteiger partial charge in [-0.15, -0.1) is 0 Å². The zero-order valence-electron chi connectivity index (χ0n) is 40.0. The number of nitrogens with zero attached hydrogens (tertiary/aromatic N) is 2. The van der Waals surface area contributed by atoms with Crippen LogP contribution in [-0.4, -0.2) is 4.57 Å². The smallest absolute Gasteiger partial charge is 0.0541 e. The second kappa shape index (κ2) is 15.9. The van der Waals surface area contributed by atoms with Gasteiger partial charge >= 0.3 is 0 Å². The molecule has 1 aliphatic carbocycles. The Bertz CT molecular complexity index is 3480. The summed E-state index contributed by atoms with van der Waals surface area (Å²) >= 11 is 0. The van der Waals surface area contributed by atoms with Crippen LogP contribution < -0.4 is 4.90 Å². The quantitative estimate of drug-likeness (QED) is 0.155. The van der Waals surface area contributed by atoms with Gasteiger partial charge in [-0.2, -0.15) is 0 Å². The molecule has 1 aliphatic rings. The maximum Gasteiger partial charge on any atom is 0.0541 e. The SMILES string of the molecule is CC(C)(C)c1cccc(-c2cc(-n3c4ccccc4c4cc(-c5ccc(N(c6ccc(-c7ccccc7)cc6)c6ccc7c(c6)C(C)(C)c6ccccc6-7)cc5)ccc43)cc(C(C)(C)C)c2)c1. The normalized spacial score (nSPS) is 13.2. The molecule has 2 nitrogen and oxygen atoms in total. The van der Waals surface area contributed by atoms with Crippen molar-refractivity contribution in [2.45, 2.75) is 71.6 Å². The molecule has 0 unspecified atom stereocenters. The Hall–Kier alpha value is -7.42. The van der Waals surface area contributed by atoms with Crippen molar-refractivity contribution in [1.82, 2.24) is 4.57 Å². The van der Waals surface area contributed by atoms with Crippen LogP contribution in [0.3, 0.4) is 0 Å². The first-order chi connectivity index (χ1) is 32.2. The number of hydrogen-bond acceptors (Lipinski definition) is 1. The average molecular weight is 867 g/mol. The topological polar surface area (TPSA) is 8.17 Å². The van der Waals surface area contributed by atoms with Gasteiger partial charge in [-0.25, -0.2) is 0 Å². The van der Waals surface area contributed by atoms with Crippen LogP contribution in [0.5, 0.6) is 0 Å². The predicted octanol–water partition coefficient (Wildman–Crippen LogP) is 18.2. The summed E-state index contributed by atoms with van der Waals surface area (Å²) in [5.74, 6) is 0. The highest BCUT2D eigenvalue weighted by molar-refractivity contribution is 6.10. The van der Waals surface area contributed by atoms with Crippen LogP contribution >= 0.6 is 0 Å². The summed E-state index contributed by atoms with van der Waals surface area (Å²) in [5.41, 5.74) is 22.3. The lowest BCUT2D eigenvalue weighted by molar-refractivity contribution is 0.589. The van der Waals surface area contributed by atoms with Gasteiger partial charge in [0.15, 0.2) is 0 Å². The summed E-state index contributed by atoms with van der Waals surface area (Å²) in [4.78, 5) is 2.41. The predicted molar refractivity (Wildman–Crippen MR) is 287 cm³/mol. The molecule has 0 saturated heterocycles. The largest absolute Gasteiger partial charge is 0.310 e. The first kappa shape index (κ1) is 42.2. The van der Waals surface area contributed by atoms with Crippen LogP contribution in [0, 0.1) is 0 Å². The van der Waals surface area contributed by atoms with Crippen LogP contribution in [0.15, 0.2) is 206 Å². The minimum atomic E-state index is -0.105. The van der Waals surface area contributed by atoms with Crippen molar-refractivity contribution in [2.24, 2.45) is 0 Å². The number of para-hydroxylation sites is 1. The molecular formula is C65H58N2. The molecule has 0 N–H and O–H groups in total. The number of aromatic nitrogens is 1. The van der Waals surface area contributed by atoms with Crippen LogP contribution in [0.4, 0.5) is 17.1 Å². The van der Waals surface area contributed by atoms with Crippen LogP contribution in [-0.2, 0) is 16.2 Å². The zero-order chi connectivity index (χ0) is 46.2. The van der Waals surface area contributed by atoms with Gasteiger partial charge in [0.2, 0.25) is 0 Å². The van der Waals surface area contributed by atoms with Gasteiger partial charge in [-0.05, 0) is 144 Å². The maximum atomic E-state index is 2.47. The van der Waals surface area contributed by atoms with Crippen LogP contribution in [0.2, 0.25) is 0 Å². The third kappa shape index (κ3) is 7.46. The minimum absolute atomic E-state index is 0.0331. The summed E-state index contributed by atoms with van der Waals surface area (Å²) in [6.07, 6.45) is 0. The molecule has 0 amide bonds. The lowest BCUT2D eigenvalue weighted by Gasteiger charge is -2.28. The van der Waals surface area contributed by atoms with Crippen molar-refractivity contribution in [3.05, 3.63) is 229 Å². The van der Waals surface area contributed by atoms with E-state index in [1.54, 1.807) is 0 Å². The van der Waals surface area contributed by atoms with Crippen molar-refractivity contribution < 1.29 is 0 Å². The number of hydrogen-bond donors (Lipinski definition) is 0. The molecule has 1 aromatic heterocycles. The Labute approximate surface area is 396 Å². The fourth-order valence-electron chi connectivity index (χ4n) is 10.5. The molecule has 11 rings (SSSR count). The van der Waals surface area contributed by atoms with Crippen molar-refractivity contribution in [3.8, 4) is 50.2 Å². The van der Waals surface area contributed by atoms with Gasteiger partial charge in [0.1, 0.15) is 0 Å². The van der Waals surface area contributed by atoms with Gasteiger partial charge in [-0.3, -0.25) is 0 Å². The van der Waals surface area contributed by atoms with Gasteiger partial charge in [-0.1, -0.05) is 195 Å². The minimum Gasteiger partial charge on any atom is -0.310 e. The van der Waals surface area contributed by atoms with Gasteiger partial charge in [0.05, 0.1) is 11.0 Å². The Kier molecular flexibility index (Phi) is 10.0. The highest BCUT2D eigenvalue weighted by Gasteiger charge is 2.36. The number of fused-ring (bicyclic) bond motifs is 6. The third-order valence-corrected chi connectivity index (χ3v) is 14.3. The van der Waals surface area contributed by atoms with Crippen molar-refractivity contribution in [3.63, 3.8) is 0 Å². The second-order valence-corrected chi connectivity index (χ2v) is 21.1. The highest BCUT2D eigenvalue weighted by Crippen LogP contribution is 2.51. The van der Waals surface area contributed by atoms with Gasteiger partial charge < -0.3 is 9.47 Å². The molecule has 0 radical (unpaired) electrons. The van der Waals surface area contributed by atoms with Gasteiger partial charge in [0, 0.05) is 38.9 Å². The second-order valence-electron chi connectivity index (χ2n) is 21.1. The summed E-state index contributed by atoms with van der Waals surface area (Å²) in [6.45, 7) is 18.5. The fourth-order valence-corrected chi connectivity index (χ4v) is 10.5. The monoisotopic (exact) mass is 866 g/mol. The summed E-state index contributed by atoms with van der Waals surface area (Å²) in [7, 11) is 0. The Balaban J connectivity index is 1.00. The van der Waals surface area contributed by atoms with Crippen LogP contribution in [0.25, 0.3) is 72.0 Å². The molecule has 9 aromatic carbocycles. The average Bonchev–Trinajstić information content (AvgIpc) is 3.79. The molecule has 67 heavy (non-hydrogen) atoms. The van der Waals surface area contributed by atoms with Crippen molar-refractivity contribution in [1.29, 1.82) is 0 Å². The summed E-state index contributed by atoms with van der Waals surface area (Å²) < 4.78 is 2.47. The van der Waals surface area contributed by atoms with Crippen molar-refractivity contribution >= 4 is 38.9 Å². The van der Waals surface area contributed by atoms with Gasteiger partial charge in [0.25, 0.3) is 0 Å². The van der Waals surface area contributed by atoms with E-state index in [1.165, 1.54) is 94.3 Å². The molecule has 10 aromatic rings. The first-order valence-electron chi connectivity index (χ1n) is 23.8. The summed E-state index contributed by atoms with van der Waals surface area (Å²) in [5, 5.41) is 2.50. The molecule has 0 bridgehead atoms. The van der Waals surface area contributed by atoms with E-state index >= 15 is 0 Å². The lowest BCUT2D eigenvalue weighted by Crippen LogP contribution is -2.16. The van der Waals surface area contributed by atoms with E-state index in [4.69, 9.17) is 0 Å². The van der Waals surface area contributed by atoms with E-state index in [-0.39, 0.29) is 16.2 Å².